The van der Waals surface area contributed by atoms with Crippen molar-refractivity contribution in [3.63, 3.8) is 0 Å². The van der Waals surface area contributed by atoms with E-state index in [9.17, 15) is 28.6 Å². The molecule has 9 nitrogen and oxygen atoms in total. The van der Waals surface area contributed by atoms with Crippen LogP contribution in [0.15, 0.2) is 85.9 Å². The van der Waals surface area contributed by atoms with Crippen LogP contribution in [0.2, 0.25) is 0 Å². The van der Waals surface area contributed by atoms with Crippen molar-refractivity contribution < 1.29 is 33.3 Å². The average molecular weight is 862 g/mol. The molecule has 2 N–H and O–H groups in total. The Labute approximate surface area is 335 Å². The van der Waals surface area contributed by atoms with Crippen LogP contribution in [0.1, 0.15) is 51.3 Å². The van der Waals surface area contributed by atoms with Crippen molar-refractivity contribution in [1.82, 2.24) is 19.8 Å². The maximum absolute atomic E-state index is 14.5. The number of aromatic nitrogens is 2. The number of pyridine rings is 2. The van der Waals surface area contributed by atoms with Gasteiger partial charge in [-0.3, -0.25) is 0 Å². The largest absolute Gasteiger partial charge is 0.497 e. The molecule has 0 aliphatic heterocycles. The van der Waals surface area contributed by atoms with Crippen molar-refractivity contribution in [2.45, 2.75) is 63.7 Å². The first-order chi connectivity index (χ1) is 25.3. The molecule has 15 heteroatoms. The van der Waals surface area contributed by atoms with Gasteiger partial charge in [0.2, 0.25) is 11.9 Å². The van der Waals surface area contributed by atoms with Crippen LogP contribution in [-0.2, 0) is 13.1 Å². The van der Waals surface area contributed by atoms with Gasteiger partial charge in [-0.05, 0) is 81.4 Å². The number of benzene rings is 1. The summed E-state index contributed by atoms with van der Waals surface area (Å²) in [5, 5.41) is 19.1. The zero-order valence-electron chi connectivity index (χ0n) is 31.0. The van der Waals surface area contributed by atoms with Crippen molar-refractivity contribution in [3.8, 4) is 28.0 Å². The molecule has 0 unspecified atom stereocenters. The summed E-state index contributed by atoms with van der Waals surface area (Å²) in [5.74, 6) is -0.357. The Kier molecular flexibility index (Phi) is 14.6. The molecule has 0 aliphatic carbocycles. The van der Waals surface area contributed by atoms with E-state index >= 15 is 0 Å². The summed E-state index contributed by atoms with van der Waals surface area (Å²) in [7, 11) is 1.61. The zero-order valence-corrected chi connectivity index (χ0v) is 35.1. The summed E-state index contributed by atoms with van der Waals surface area (Å²) in [6.45, 7) is 13.3. The Hall–Kier alpha value is -4.05. The number of carboxylic acid groups (broad SMARTS) is 2. The van der Waals surface area contributed by atoms with Gasteiger partial charge >= 0.3 is 12.2 Å². The molecule has 0 fully saturated rings. The van der Waals surface area contributed by atoms with Crippen LogP contribution in [0.25, 0.3) is 22.3 Å². The summed E-state index contributed by atoms with van der Waals surface area (Å²) < 4.78 is 35.3. The van der Waals surface area contributed by atoms with Gasteiger partial charge < -0.3 is 24.7 Å². The molecule has 0 radical (unpaired) electrons. The standard InChI is InChI=1S/C23H25FN2O3S2.C16H18BrFN2O2S/c1-23(2,3)14-26(22(27)28)13-17-12-19(18-9-6-10-25-20(18)24)21(31-17)30-16-8-5-7-15(11-16)29-4;1-16(2,3)9-20(15(21)22)8-10-7-12(13(17)23-10)11-5-4-6-19-14(11)18/h5-12H,13-14H2,1-4H3,(H,27,28);4-7H,8-9H2,1-3H3,(H,21,22). The molecule has 0 aliphatic rings. The summed E-state index contributed by atoms with van der Waals surface area (Å²) >= 11 is 7.80. The topological polar surface area (TPSA) is 116 Å². The van der Waals surface area contributed by atoms with Crippen molar-refractivity contribution in [3.05, 3.63) is 98.5 Å². The zero-order chi connectivity index (χ0) is 39.8. The summed E-state index contributed by atoms with van der Waals surface area (Å²) in [6, 6.07) is 18.0. The van der Waals surface area contributed by atoms with Gasteiger partial charge in [0.1, 0.15) is 5.75 Å². The number of hydrogen-bond acceptors (Lipinski definition) is 8. The predicted molar refractivity (Wildman–Crippen MR) is 216 cm³/mol. The van der Waals surface area contributed by atoms with Gasteiger partial charge in [-0.15, -0.1) is 22.7 Å². The third kappa shape index (κ3) is 12.5. The average Bonchev–Trinajstić information content (AvgIpc) is 3.65. The second kappa shape index (κ2) is 18.5. The molecule has 0 saturated carbocycles. The Balaban J connectivity index is 0.000000252. The lowest BCUT2D eigenvalue weighted by Gasteiger charge is -2.27. The molecule has 0 atom stereocenters. The molecule has 288 valence electrons. The second-order valence-corrected chi connectivity index (χ2v) is 19.6. The summed E-state index contributed by atoms with van der Waals surface area (Å²) in [5.41, 5.74) is 1.89. The van der Waals surface area contributed by atoms with Crippen molar-refractivity contribution in [2.75, 3.05) is 20.2 Å². The van der Waals surface area contributed by atoms with E-state index in [4.69, 9.17) is 4.74 Å². The molecule has 54 heavy (non-hydrogen) atoms. The number of ether oxygens (including phenoxy) is 1. The van der Waals surface area contributed by atoms with Crippen molar-refractivity contribution >= 4 is 62.6 Å². The summed E-state index contributed by atoms with van der Waals surface area (Å²) in [4.78, 5) is 36.1. The van der Waals surface area contributed by atoms with Crippen LogP contribution >= 0.6 is 50.4 Å². The molecule has 2 amide bonds. The lowest BCUT2D eigenvalue weighted by atomic mass is 9.96. The number of methoxy groups -OCH3 is 1. The number of halogens is 3. The van der Waals surface area contributed by atoms with Crippen LogP contribution < -0.4 is 4.74 Å². The van der Waals surface area contributed by atoms with Crippen LogP contribution in [-0.4, -0.2) is 62.4 Å². The van der Waals surface area contributed by atoms with E-state index < -0.39 is 24.1 Å². The second-order valence-electron chi connectivity index (χ2n) is 14.7. The molecule has 0 spiro atoms. The fraction of sp³-hybridized carbons (Fsp3) is 0.333. The van der Waals surface area contributed by atoms with Gasteiger partial charge in [-0.1, -0.05) is 59.4 Å². The van der Waals surface area contributed by atoms with Gasteiger partial charge in [0.15, 0.2) is 0 Å². The molecule has 5 rings (SSSR count). The van der Waals surface area contributed by atoms with E-state index in [0.29, 0.717) is 35.3 Å². The van der Waals surface area contributed by atoms with Gasteiger partial charge in [-0.2, -0.15) is 8.78 Å². The number of thiophene rings is 2. The van der Waals surface area contributed by atoms with Gasteiger partial charge in [0.25, 0.3) is 0 Å². The predicted octanol–water partition coefficient (Wildman–Crippen LogP) is 11.9. The molecule has 5 aromatic rings. The van der Waals surface area contributed by atoms with Gasteiger partial charge in [-0.25, -0.2) is 19.6 Å². The summed E-state index contributed by atoms with van der Waals surface area (Å²) in [6.07, 6.45) is 0.879. The van der Waals surface area contributed by atoms with E-state index in [1.165, 1.54) is 56.6 Å². The minimum absolute atomic E-state index is 0.134. The Morgan fingerprint density at radius 2 is 1.26 bits per heavy atom. The maximum atomic E-state index is 14.5. The fourth-order valence-electron chi connectivity index (χ4n) is 5.29. The van der Waals surface area contributed by atoms with E-state index in [1.807, 2.05) is 77.9 Å². The molecule has 4 aromatic heterocycles. The molecule has 4 heterocycles. The van der Waals surface area contributed by atoms with Gasteiger partial charge in [0, 0.05) is 62.4 Å². The monoisotopic (exact) mass is 860 g/mol. The quantitative estimate of drug-likeness (QED) is 0.126. The van der Waals surface area contributed by atoms with Gasteiger partial charge in [0.05, 0.1) is 28.2 Å². The normalized spacial score (nSPS) is 11.4. The fourth-order valence-corrected chi connectivity index (χ4v) is 9.66. The Morgan fingerprint density at radius 3 is 1.74 bits per heavy atom. The maximum Gasteiger partial charge on any atom is 0.407 e. The third-order valence-electron chi connectivity index (χ3n) is 7.40. The highest BCUT2D eigenvalue weighted by Crippen LogP contribution is 2.44. The smallest absolute Gasteiger partial charge is 0.407 e. The first-order valence-electron chi connectivity index (χ1n) is 16.7. The highest BCUT2D eigenvalue weighted by Gasteiger charge is 2.25. The number of amides is 2. The number of nitrogens with zero attached hydrogens (tertiary/aromatic N) is 4. The van der Waals surface area contributed by atoms with Crippen molar-refractivity contribution in [1.29, 1.82) is 0 Å². The molecular formula is C39H43BrF2N4O5S3. The van der Waals surface area contributed by atoms with E-state index in [1.54, 1.807) is 31.4 Å². The number of rotatable bonds is 11. The number of carbonyl (C=O) groups is 2. The number of hydrogen-bond donors (Lipinski definition) is 2. The molecule has 1 aromatic carbocycles. The Morgan fingerprint density at radius 1 is 0.759 bits per heavy atom. The van der Waals surface area contributed by atoms with E-state index in [2.05, 4.69) is 25.9 Å². The molecular weight excluding hydrogens is 819 g/mol. The first-order valence-corrected chi connectivity index (χ1v) is 20.0. The lowest BCUT2D eigenvalue weighted by molar-refractivity contribution is 0.123. The third-order valence-corrected chi connectivity index (χ3v) is 11.5. The van der Waals surface area contributed by atoms with Crippen LogP contribution in [0.4, 0.5) is 18.4 Å². The van der Waals surface area contributed by atoms with Crippen LogP contribution in [0.5, 0.6) is 5.75 Å². The SMILES string of the molecule is CC(C)(C)CN(Cc1cc(-c2cccnc2F)c(Br)s1)C(=O)O.COc1cccc(Sc2sc(CN(CC(C)(C)C)C(=O)O)cc2-c2cccnc2F)c1. The van der Waals surface area contributed by atoms with E-state index in [0.717, 1.165) is 28.4 Å². The first kappa shape index (κ1) is 42.7. The minimum atomic E-state index is -0.973. The van der Waals surface area contributed by atoms with Crippen molar-refractivity contribution in [2.24, 2.45) is 10.8 Å². The highest BCUT2D eigenvalue weighted by molar-refractivity contribution is 9.11. The van der Waals surface area contributed by atoms with Crippen LogP contribution in [0.3, 0.4) is 0 Å². The van der Waals surface area contributed by atoms with Crippen LogP contribution in [0, 0.1) is 22.7 Å². The molecule has 0 bridgehead atoms. The molecule has 0 saturated heterocycles. The van der Waals surface area contributed by atoms with E-state index in [-0.39, 0.29) is 23.9 Å². The highest BCUT2D eigenvalue weighted by atomic mass is 79.9. The lowest BCUT2D eigenvalue weighted by Crippen LogP contribution is -2.36. The Bertz CT molecular complexity index is 2060. The minimum Gasteiger partial charge on any atom is -0.497 e.